The number of hydrogen-bond donors (Lipinski definition) is 2. The molecule has 2 fully saturated rings. The van der Waals surface area contributed by atoms with Crippen LogP contribution in [0, 0.1) is 5.92 Å². The van der Waals surface area contributed by atoms with Crippen molar-refractivity contribution in [1.29, 1.82) is 0 Å². The van der Waals surface area contributed by atoms with E-state index < -0.39 is 18.1 Å². The summed E-state index contributed by atoms with van der Waals surface area (Å²) in [5, 5.41) is 11.9. The molecule has 2 saturated carbocycles. The maximum Gasteiger partial charge on any atom is 0.408 e. The third kappa shape index (κ3) is 4.39. The first kappa shape index (κ1) is 15.1. The molecule has 0 unspecified atom stereocenters. The van der Waals surface area contributed by atoms with Crippen LogP contribution in [0.5, 0.6) is 0 Å². The summed E-state index contributed by atoms with van der Waals surface area (Å²) in [5.41, 5.74) is 0. The Bertz CT molecular complexity index is 333. The maximum absolute atomic E-state index is 11.9. The van der Waals surface area contributed by atoms with Crippen molar-refractivity contribution in [3.8, 4) is 0 Å². The Morgan fingerprint density at radius 1 is 0.950 bits per heavy atom. The summed E-state index contributed by atoms with van der Waals surface area (Å²) >= 11 is 0. The molecular weight excluding hydrogens is 258 g/mol. The molecule has 0 aliphatic heterocycles. The number of nitrogens with one attached hydrogen (secondary N) is 1. The molecule has 2 aliphatic carbocycles. The van der Waals surface area contributed by atoms with Crippen LogP contribution >= 0.6 is 0 Å². The second-order valence-electron chi connectivity index (χ2n) is 6.02. The van der Waals surface area contributed by atoms with E-state index in [-0.39, 0.29) is 12.0 Å². The number of alkyl carbamates (subject to hydrolysis) is 1. The van der Waals surface area contributed by atoms with E-state index in [9.17, 15) is 14.7 Å². The lowest BCUT2D eigenvalue weighted by atomic mass is 9.84. The first-order chi connectivity index (χ1) is 9.66. The van der Waals surface area contributed by atoms with Crippen LogP contribution in [0.2, 0.25) is 0 Å². The fraction of sp³-hybridized carbons (Fsp3) is 0.867. The Kier molecular flexibility index (Phi) is 5.68. The molecule has 20 heavy (non-hydrogen) atoms. The standard InChI is InChI=1S/C15H25NO4/c17-14(18)13(11-7-3-1-4-8-11)16-15(19)20-12-9-5-2-6-10-12/h11-13H,1-10H2,(H,16,19)(H,17,18)/t13-/m0/s1. The summed E-state index contributed by atoms with van der Waals surface area (Å²) < 4.78 is 5.35. The molecule has 0 radical (unpaired) electrons. The summed E-state index contributed by atoms with van der Waals surface area (Å²) in [4.78, 5) is 23.2. The molecule has 1 atom stereocenters. The van der Waals surface area contributed by atoms with Gasteiger partial charge in [-0.3, -0.25) is 0 Å². The van der Waals surface area contributed by atoms with E-state index >= 15 is 0 Å². The van der Waals surface area contributed by atoms with E-state index in [4.69, 9.17) is 4.74 Å². The van der Waals surface area contributed by atoms with Gasteiger partial charge in [0.25, 0.3) is 0 Å². The normalized spacial score (nSPS) is 23.0. The number of aliphatic carboxylic acids is 1. The minimum absolute atomic E-state index is 0.0375. The van der Waals surface area contributed by atoms with Crippen LogP contribution in [0.1, 0.15) is 64.2 Å². The molecule has 0 heterocycles. The van der Waals surface area contributed by atoms with E-state index in [2.05, 4.69) is 5.32 Å². The van der Waals surface area contributed by atoms with Crippen molar-refractivity contribution in [2.45, 2.75) is 76.4 Å². The first-order valence-electron chi connectivity index (χ1n) is 7.87. The van der Waals surface area contributed by atoms with Gasteiger partial charge in [0.2, 0.25) is 0 Å². The molecule has 2 aliphatic rings. The lowest BCUT2D eigenvalue weighted by Gasteiger charge is -2.29. The van der Waals surface area contributed by atoms with Gasteiger partial charge in [-0.1, -0.05) is 25.7 Å². The Hall–Kier alpha value is -1.26. The average Bonchev–Trinajstić information content (AvgIpc) is 2.46. The predicted octanol–water partition coefficient (Wildman–Crippen LogP) is 3.08. The molecule has 2 rings (SSSR count). The van der Waals surface area contributed by atoms with E-state index in [1.807, 2.05) is 0 Å². The monoisotopic (exact) mass is 283 g/mol. The highest BCUT2D eigenvalue weighted by atomic mass is 16.6. The molecule has 0 spiro atoms. The van der Waals surface area contributed by atoms with Crippen LogP contribution in [0.15, 0.2) is 0 Å². The average molecular weight is 283 g/mol. The zero-order valence-corrected chi connectivity index (χ0v) is 12.0. The molecular formula is C15H25NO4. The SMILES string of the molecule is O=C(N[C@H](C(=O)O)C1CCCCC1)OC1CCCCC1. The number of rotatable bonds is 4. The van der Waals surface area contributed by atoms with E-state index in [1.165, 1.54) is 6.42 Å². The highest BCUT2D eigenvalue weighted by Crippen LogP contribution is 2.27. The van der Waals surface area contributed by atoms with Gasteiger partial charge in [-0.15, -0.1) is 0 Å². The van der Waals surface area contributed by atoms with Gasteiger partial charge in [0.15, 0.2) is 0 Å². The summed E-state index contributed by atoms with van der Waals surface area (Å²) in [6.45, 7) is 0. The van der Waals surface area contributed by atoms with Crippen molar-refractivity contribution in [2.24, 2.45) is 5.92 Å². The van der Waals surface area contributed by atoms with Crippen molar-refractivity contribution in [2.75, 3.05) is 0 Å². The number of carboxylic acids is 1. The van der Waals surface area contributed by atoms with Gasteiger partial charge in [0, 0.05) is 0 Å². The van der Waals surface area contributed by atoms with Gasteiger partial charge in [0.05, 0.1) is 0 Å². The number of carbonyl (C=O) groups excluding carboxylic acids is 1. The Morgan fingerprint density at radius 2 is 1.50 bits per heavy atom. The van der Waals surface area contributed by atoms with E-state index in [0.29, 0.717) is 0 Å². The second-order valence-corrected chi connectivity index (χ2v) is 6.02. The molecule has 2 N–H and O–H groups in total. The summed E-state index contributed by atoms with van der Waals surface area (Å²) in [6.07, 6.45) is 9.58. The molecule has 0 bridgehead atoms. The van der Waals surface area contributed by atoms with Crippen molar-refractivity contribution >= 4 is 12.1 Å². The van der Waals surface area contributed by atoms with Crippen molar-refractivity contribution in [3.63, 3.8) is 0 Å². The molecule has 1 amide bonds. The molecule has 5 heteroatoms. The van der Waals surface area contributed by atoms with Gasteiger partial charge < -0.3 is 15.2 Å². The first-order valence-corrected chi connectivity index (χ1v) is 7.87. The van der Waals surface area contributed by atoms with Gasteiger partial charge >= 0.3 is 12.1 Å². The highest BCUT2D eigenvalue weighted by Gasteiger charge is 2.31. The highest BCUT2D eigenvalue weighted by molar-refractivity contribution is 5.80. The minimum Gasteiger partial charge on any atom is -0.480 e. The zero-order chi connectivity index (χ0) is 14.4. The van der Waals surface area contributed by atoms with Gasteiger partial charge in [-0.05, 0) is 44.4 Å². The predicted molar refractivity (Wildman–Crippen MR) is 74.5 cm³/mol. The fourth-order valence-corrected chi connectivity index (χ4v) is 3.34. The number of hydrogen-bond acceptors (Lipinski definition) is 3. The zero-order valence-electron chi connectivity index (χ0n) is 12.0. The Morgan fingerprint density at radius 3 is 2.05 bits per heavy atom. The quantitative estimate of drug-likeness (QED) is 0.831. The van der Waals surface area contributed by atoms with Gasteiger partial charge in [0.1, 0.15) is 12.1 Å². The topological polar surface area (TPSA) is 75.6 Å². The number of amides is 1. The number of ether oxygens (including phenoxy) is 1. The van der Waals surface area contributed by atoms with Crippen LogP contribution in [0.4, 0.5) is 4.79 Å². The molecule has 114 valence electrons. The molecule has 0 aromatic heterocycles. The Labute approximate surface area is 120 Å². The summed E-state index contributed by atoms with van der Waals surface area (Å²) in [5.74, 6) is -0.905. The minimum atomic E-state index is -0.947. The van der Waals surface area contributed by atoms with Crippen molar-refractivity contribution in [1.82, 2.24) is 5.32 Å². The van der Waals surface area contributed by atoms with Gasteiger partial charge in [-0.25, -0.2) is 9.59 Å². The van der Waals surface area contributed by atoms with Crippen LogP contribution in [-0.4, -0.2) is 29.3 Å². The lowest BCUT2D eigenvalue weighted by molar-refractivity contribution is -0.141. The Balaban J connectivity index is 1.83. The molecule has 0 aromatic rings. The third-order valence-electron chi connectivity index (χ3n) is 4.49. The van der Waals surface area contributed by atoms with Gasteiger partial charge in [-0.2, -0.15) is 0 Å². The summed E-state index contributed by atoms with van der Waals surface area (Å²) in [7, 11) is 0. The third-order valence-corrected chi connectivity index (χ3v) is 4.49. The maximum atomic E-state index is 11.9. The molecule has 0 saturated heterocycles. The van der Waals surface area contributed by atoms with Crippen molar-refractivity contribution < 1.29 is 19.4 Å². The van der Waals surface area contributed by atoms with Crippen LogP contribution in [0.3, 0.4) is 0 Å². The molecule has 0 aromatic carbocycles. The summed E-state index contributed by atoms with van der Waals surface area (Å²) in [6, 6.07) is -0.800. The van der Waals surface area contributed by atoms with Crippen molar-refractivity contribution in [3.05, 3.63) is 0 Å². The van der Waals surface area contributed by atoms with Crippen LogP contribution in [-0.2, 0) is 9.53 Å². The molecule has 5 nitrogen and oxygen atoms in total. The van der Waals surface area contributed by atoms with E-state index in [1.54, 1.807) is 0 Å². The smallest absolute Gasteiger partial charge is 0.408 e. The fourth-order valence-electron chi connectivity index (χ4n) is 3.34. The van der Waals surface area contributed by atoms with Crippen LogP contribution < -0.4 is 5.32 Å². The number of carboxylic acid groups (broad SMARTS) is 1. The lowest BCUT2D eigenvalue weighted by Crippen LogP contribution is -2.47. The number of carbonyl (C=O) groups is 2. The second kappa shape index (κ2) is 7.50. The van der Waals surface area contributed by atoms with E-state index in [0.717, 1.165) is 57.8 Å². The largest absolute Gasteiger partial charge is 0.480 e. The van der Waals surface area contributed by atoms with Crippen LogP contribution in [0.25, 0.3) is 0 Å².